The fourth-order valence-corrected chi connectivity index (χ4v) is 3.55. The first-order valence-electron chi connectivity index (χ1n) is 7.44. The molecule has 0 saturated heterocycles. The molecule has 0 amide bonds. The van der Waals surface area contributed by atoms with Crippen LogP contribution in [0.4, 0.5) is 5.82 Å². The molecule has 0 atom stereocenters. The Hall–Kier alpha value is -2.72. The Morgan fingerprint density at radius 3 is 2.52 bits per heavy atom. The number of nitrogens with zero attached hydrogens (tertiary/aromatic N) is 2. The van der Waals surface area contributed by atoms with Crippen LogP contribution >= 0.6 is 11.3 Å². The van der Waals surface area contributed by atoms with Crippen molar-refractivity contribution in [2.24, 2.45) is 0 Å². The summed E-state index contributed by atoms with van der Waals surface area (Å²) in [7, 11) is 1.86. The van der Waals surface area contributed by atoms with Gasteiger partial charge < -0.3 is 5.32 Å². The molecule has 0 aliphatic carbocycles. The van der Waals surface area contributed by atoms with Crippen molar-refractivity contribution in [1.29, 1.82) is 0 Å². The second-order valence-corrected chi connectivity index (χ2v) is 6.28. The first-order valence-corrected chi connectivity index (χ1v) is 8.25. The fraction of sp³-hybridized carbons (Fsp3) is 0.0526. The zero-order chi connectivity index (χ0) is 15.6. The van der Waals surface area contributed by atoms with Crippen molar-refractivity contribution < 1.29 is 0 Å². The van der Waals surface area contributed by atoms with E-state index in [1.165, 1.54) is 15.8 Å². The first kappa shape index (κ1) is 13.9. The predicted octanol–water partition coefficient (Wildman–Crippen LogP) is 5.07. The molecule has 3 aromatic heterocycles. The van der Waals surface area contributed by atoms with Gasteiger partial charge in [0.1, 0.15) is 10.6 Å². The van der Waals surface area contributed by atoms with Crippen molar-refractivity contribution in [3.05, 3.63) is 66.9 Å². The molecule has 0 spiro atoms. The van der Waals surface area contributed by atoms with Gasteiger partial charge in [-0.05, 0) is 35.9 Å². The van der Waals surface area contributed by atoms with E-state index in [-0.39, 0.29) is 0 Å². The molecule has 0 unspecified atom stereocenters. The van der Waals surface area contributed by atoms with E-state index in [4.69, 9.17) is 4.98 Å². The lowest BCUT2D eigenvalue weighted by Crippen LogP contribution is -1.91. The smallest absolute Gasteiger partial charge is 0.125 e. The lowest BCUT2D eigenvalue weighted by atomic mass is 10.1. The monoisotopic (exact) mass is 317 g/mol. The first-order chi connectivity index (χ1) is 11.3. The molecule has 0 saturated carbocycles. The predicted molar refractivity (Wildman–Crippen MR) is 97.8 cm³/mol. The zero-order valence-electron chi connectivity index (χ0n) is 12.7. The highest BCUT2D eigenvalue weighted by Gasteiger charge is 2.07. The molecule has 1 aromatic carbocycles. The second kappa shape index (κ2) is 5.82. The summed E-state index contributed by atoms with van der Waals surface area (Å²) in [5, 5.41) is 4.21. The maximum absolute atomic E-state index is 4.81. The molecule has 0 fully saturated rings. The molecule has 3 heterocycles. The number of pyridine rings is 2. The van der Waals surface area contributed by atoms with Crippen LogP contribution in [0.15, 0.2) is 66.9 Å². The summed E-state index contributed by atoms with van der Waals surface area (Å²) in [5.41, 5.74) is 3.21. The van der Waals surface area contributed by atoms with Crippen molar-refractivity contribution >= 4 is 27.4 Å². The molecular weight excluding hydrogens is 302 g/mol. The summed E-state index contributed by atoms with van der Waals surface area (Å²) >= 11 is 1.72. The lowest BCUT2D eigenvalue weighted by molar-refractivity contribution is 1.28. The van der Waals surface area contributed by atoms with Gasteiger partial charge in [-0.25, -0.2) is 9.97 Å². The number of nitrogens with one attached hydrogen (secondary N) is 1. The molecule has 0 bridgehead atoms. The van der Waals surface area contributed by atoms with E-state index in [2.05, 4.69) is 52.8 Å². The second-order valence-electron chi connectivity index (χ2n) is 5.25. The van der Waals surface area contributed by atoms with Gasteiger partial charge in [0.2, 0.25) is 0 Å². The Labute approximate surface area is 138 Å². The van der Waals surface area contributed by atoms with E-state index in [1.54, 1.807) is 11.3 Å². The average Bonchev–Trinajstić information content (AvgIpc) is 3.06. The van der Waals surface area contributed by atoms with Crippen LogP contribution in [-0.4, -0.2) is 17.0 Å². The van der Waals surface area contributed by atoms with Gasteiger partial charge >= 0.3 is 0 Å². The summed E-state index contributed by atoms with van der Waals surface area (Å²) in [6.07, 6.45) is 1.85. The lowest BCUT2D eigenvalue weighted by Gasteiger charge is -2.02. The van der Waals surface area contributed by atoms with Crippen LogP contribution in [-0.2, 0) is 0 Å². The van der Waals surface area contributed by atoms with Crippen molar-refractivity contribution in [2.45, 2.75) is 0 Å². The number of aromatic nitrogens is 2. The highest BCUT2D eigenvalue weighted by Crippen LogP contribution is 2.33. The summed E-state index contributed by atoms with van der Waals surface area (Å²) in [5.74, 6) is 0.859. The van der Waals surface area contributed by atoms with Gasteiger partial charge in [0, 0.05) is 29.1 Å². The zero-order valence-corrected chi connectivity index (χ0v) is 13.5. The largest absolute Gasteiger partial charge is 0.373 e. The summed E-state index contributed by atoms with van der Waals surface area (Å²) < 4.78 is 0. The molecule has 4 heteroatoms. The molecule has 23 heavy (non-hydrogen) atoms. The van der Waals surface area contributed by atoms with Gasteiger partial charge in [-0.1, -0.05) is 30.3 Å². The molecule has 3 nitrogen and oxygen atoms in total. The van der Waals surface area contributed by atoms with Gasteiger partial charge in [0.15, 0.2) is 0 Å². The number of benzene rings is 1. The highest BCUT2D eigenvalue weighted by molar-refractivity contribution is 7.21. The number of hydrogen-bond acceptors (Lipinski definition) is 4. The third-order valence-corrected chi connectivity index (χ3v) is 4.85. The third kappa shape index (κ3) is 2.69. The van der Waals surface area contributed by atoms with E-state index >= 15 is 0 Å². The van der Waals surface area contributed by atoms with Gasteiger partial charge in [0.05, 0.1) is 5.69 Å². The summed E-state index contributed by atoms with van der Waals surface area (Å²) in [6, 6.07) is 20.8. The van der Waals surface area contributed by atoms with Crippen LogP contribution < -0.4 is 5.32 Å². The SMILES string of the molecule is CNc1ccc(-c2ccc3cc(-c4ccccc4)sc3n2)cn1. The van der Waals surface area contributed by atoms with Crippen molar-refractivity contribution in [1.82, 2.24) is 9.97 Å². The quantitative estimate of drug-likeness (QED) is 0.573. The maximum Gasteiger partial charge on any atom is 0.125 e. The Morgan fingerprint density at radius 1 is 0.913 bits per heavy atom. The van der Waals surface area contributed by atoms with Crippen molar-refractivity contribution in [3.63, 3.8) is 0 Å². The van der Waals surface area contributed by atoms with Crippen LogP contribution in [0.1, 0.15) is 0 Å². The Balaban J connectivity index is 1.75. The van der Waals surface area contributed by atoms with Crippen molar-refractivity contribution in [2.75, 3.05) is 12.4 Å². The average molecular weight is 317 g/mol. The minimum atomic E-state index is 0.859. The van der Waals surface area contributed by atoms with Crippen LogP contribution in [0.3, 0.4) is 0 Å². The van der Waals surface area contributed by atoms with Crippen LogP contribution in [0.25, 0.3) is 31.9 Å². The molecule has 4 rings (SSSR count). The topological polar surface area (TPSA) is 37.8 Å². The maximum atomic E-state index is 4.81. The Bertz CT molecular complexity index is 943. The molecular formula is C19H15N3S. The minimum Gasteiger partial charge on any atom is -0.373 e. The van der Waals surface area contributed by atoms with Crippen LogP contribution in [0, 0.1) is 0 Å². The number of hydrogen-bond donors (Lipinski definition) is 1. The van der Waals surface area contributed by atoms with Gasteiger partial charge in [-0.15, -0.1) is 11.3 Å². The third-order valence-electron chi connectivity index (χ3n) is 3.76. The molecule has 112 valence electrons. The van der Waals surface area contributed by atoms with Gasteiger partial charge in [-0.3, -0.25) is 0 Å². The Kier molecular flexibility index (Phi) is 3.52. The standard InChI is InChI=1S/C19H15N3S/c1-20-18-10-8-15(12-21-18)16-9-7-14-11-17(23-19(14)22-16)13-5-3-2-4-6-13/h2-12H,1H3,(H,20,21). The van der Waals surface area contributed by atoms with Crippen LogP contribution in [0.5, 0.6) is 0 Å². The van der Waals surface area contributed by atoms with E-state index in [1.807, 2.05) is 31.4 Å². The van der Waals surface area contributed by atoms with Gasteiger partial charge in [0.25, 0.3) is 0 Å². The van der Waals surface area contributed by atoms with E-state index in [9.17, 15) is 0 Å². The Morgan fingerprint density at radius 2 is 1.78 bits per heavy atom. The minimum absolute atomic E-state index is 0.859. The van der Waals surface area contributed by atoms with Crippen molar-refractivity contribution in [3.8, 4) is 21.7 Å². The molecule has 0 aliphatic heterocycles. The summed E-state index contributed by atoms with van der Waals surface area (Å²) in [6.45, 7) is 0. The number of rotatable bonds is 3. The van der Waals surface area contributed by atoms with E-state index < -0.39 is 0 Å². The van der Waals surface area contributed by atoms with E-state index in [0.29, 0.717) is 0 Å². The number of thiophene rings is 1. The normalized spacial score (nSPS) is 10.8. The number of anilines is 1. The van der Waals surface area contributed by atoms with E-state index in [0.717, 1.165) is 21.9 Å². The van der Waals surface area contributed by atoms with Crippen LogP contribution in [0.2, 0.25) is 0 Å². The molecule has 0 radical (unpaired) electrons. The number of fused-ring (bicyclic) bond motifs is 1. The molecule has 0 aliphatic rings. The van der Waals surface area contributed by atoms with Gasteiger partial charge in [-0.2, -0.15) is 0 Å². The highest BCUT2D eigenvalue weighted by atomic mass is 32.1. The molecule has 1 N–H and O–H groups in total. The fourth-order valence-electron chi connectivity index (χ4n) is 2.52. The molecule has 4 aromatic rings. The summed E-state index contributed by atoms with van der Waals surface area (Å²) in [4.78, 5) is 11.5.